The van der Waals surface area contributed by atoms with Gasteiger partial charge in [0.15, 0.2) is 0 Å². The second-order valence-electron chi connectivity index (χ2n) is 7.29. The molecule has 2 amide bonds. The van der Waals surface area contributed by atoms with Gasteiger partial charge in [-0.2, -0.15) is 0 Å². The third-order valence-corrected chi connectivity index (χ3v) is 4.88. The number of nitrogens with one attached hydrogen (secondary N) is 1. The summed E-state index contributed by atoms with van der Waals surface area (Å²) >= 11 is 0. The minimum atomic E-state index is -0.184. The summed E-state index contributed by atoms with van der Waals surface area (Å²) in [6, 6.07) is 7.17. The third kappa shape index (κ3) is 3.53. The zero-order valence-electron chi connectivity index (χ0n) is 15.3. The van der Waals surface area contributed by atoms with Crippen molar-refractivity contribution in [2.24, 2.45) is 17.8 Å². The lowest BCUT2D eigenvalue weighted by Gasteiger charge is -2.33. The van der Waals surface area contributed by atoms with Gasteiger partial charge in [0.05, 0.1) is 11.1 Å². The number of hydrogen-bond acceptors (Lipinski definition) is 3. The van der Waals surface area contributed by atoms with E-state index in [1.807, 2.05) is 0 Å². The van der Waals surface area contributed by atoms with Crippen LogP contribution >= 0.6 is 0 Å². The molecule has 4 nitrogen and oxygen atoms in total. The molecule has 2 atom stereocenters. The van der Waals surface area contributed by atoms with Crippen molar-refractivity contribution in [1.82, 2.24) is 10.2 Å². The van der Waals surface area contributed by atoms with Crippen LogP contribution in [0.2, 0.25) is 0 Å². The average Bonchev–Trinajstić information content (AvgIpc) is 2.76. The fourth-order valence-corrected chi connectivity index (χ4v) is 3.13. The summed E-state index contributed by atoms with van der Waals surface area (Å²) < 4.78 is 0. The maximum absolute atomic E-state index is 12.6. The lowest BCUT2D eigenvalue weighted by Crippen LogP contribution is -2.45. The van der Waals surface area contributed by atoms with Gasteiger partial charge in [0.25, 0.3) is 11.8 Å². The maximum Gasteiger partial charge on any atom is 0.261 e. The monoisotopic (exact) mass is 328 g/mol. The van der Waals surface area contributed by atoms with E-state index in [2.05, 4.69) is 46.5 Å². The molecule has 130 valence electrons. The van der Waals surface area contributed by atoms with Crippen LogP contribution in [0.5, 0.6) is 0 Å². The highest BCUT2D eigenvalue weighted by Gasteiger charge is 2.37. The van der Waals surface area contributed by atoms with Gasteiger partial charge in [-0.1, -0.05) is 46.4 Å². The molecular weight excluding hydrogens is 300 g/mol. The van der Waals surface area contributed by atoms with Crippen LogP contribution in [-0.4, -0.2) is 29.3 Å². The second kappa shape index (κ2) is 7.20. The Balaban J connectivity index is 2.16. The summed E-state index contributed by atoms with van der Waals surface area (Å²) in [4.78, 5) is 26.6. The second-order valence-corrected chi connectivity index (χ2v) is 7.29. The van der Waals surface area contributed by atoms with Crippen LogP contribution in [0.3, 0.4) is 0 Å². The summed E-state index contributed by atoms with van der Waals surface area (Å²) in [6.07, 6.45) is 0. The van der Waals surface area contributed by atoms with Crippen molar-refractivity contribution in [3.63, 3.8) is 0 Å². The first kappa shape index (κ1) is 18.2. The molecular formula is C20H28N2O2. The summed E-state index contributed by atoms with van der Waals surface area (Å²) in [5.74, 6) is 0.464. The van der Waals surface area contributed by atoms with Crippen LogP contribution in [0, 0.1) is 17.8 Å². The lowest BCUT2D eigenvalue weighted by molar-refractivity contribution is 0.0602. The molecule has 0 fully saturated rings. The molecule has 1 N–H and O–H groups in total. The first-order valence-electron chi connectivity index (χ1n) is 8.64. The Hall–Kier alpha value is -2.10. The SMILES string of the molecule is C=C(NC(C)C(CN1C(=O)c2ccccc2C1=O)C(C)C)C(C)C. The molecule has 24 heavy (non-hydrogen) atoms. The normalized spacial score (nSPS) is 16.5. The molecule has 0 saturated heterocycles. The van der Waals surface area contributed by atoms with E-state index in [9.17, 15) is 9.59 Å². The maximum atomic E-state index is 12.6. The number of nitrogens with zero attached hydrogens (tertiary/aromatic N) is 1. The van der Waals surface area contributed by atoms with E-state index < -0.39 is 0 Å². The zero-order chi connectivity index (χ0) is 18.0. The van der Waals surface area contributed by atoms with Crippen LogP contribution in [0.1, 0.15) is 55.3 Å². The largest absolute Gasteiger partial charge is 0.386 e. The van der Waals surface area contributed by atoms with E-state index in [-0.39, 0.29) is 23.8 Å². The Morgan fingerprint density at radius 3 is 1.96 bits per heavy atom. The van der Waals surface area contributed by atoms with Gasteiger partial charge in [0, 0.05) is 18.3 Å². The van der Waals surface area contributed by atoms with Crippen LogP contribution in [0.15, 0.2) is 36.5 Å². The molecule has 0 bridgehead atoms. The fraction of sp³-hybridized carbons (Fsp3) is 0.500. The number of hydrogen-bond donors (Lipinski definition) is 1. The van der Waals surface area contributed by atoms with Crippen LogP contribution in [-0.2, 0) is 0 Å². The van der Waals surface area contributed by atoms with E-state index in [0.29, 0.717) is 29.5 Å². The first-order valence-corrected chi connectivity index (χ1v) is 8.64. The molecule has 0 aromatic heterocycles. The molecule has 0 aliphatic carbocycles. The van der Waals surface area contributed by atoms with Crippen molar-refractivity contribution in [3.8, 4) is 0 Å². The number of fused-ring (bicyclic) bond motifs is 1. The van der Waals surface area contributed by atoms with Crippen LogP contribution in [0.25, 0.3) is 0 Å². The topological polar surface area (TPSA) is 49.4 Å². The molecule has 2 rings (SSSR count). The summed E-state index contributed by atoms with van der Waals surface area (Å²) in [5, 5.41) is 3.44. The van der Waals surface area contributed by atoms with E-state index in [1.54, 1.807) is 24.3 Å². The molecule has 1 aromatic carbocycles. The molecule has 2 unspecified atom stereocenters. The van der Waals surface area contributed by atoms with Crippen molar-refractivity contribution in [3.05, 3.63) is 47.7 Å². The molecule has 0 spiro atoms. The van der Waals surface area contributed by atoms with Gasteiger partial charge >= 0.3 is 0 Å². The van der Waals surface area contributed by atoms with Gasteiger partial charge < -0.3 is 5.32 Å². The van der Waals surface area contributed by atoms with Gasteiger partial charge in [0.1, 0.15) is 0 Å². The fourth-order valence-electron chi connectivity index (χ4n) is 3.13. The minimum absolute atomic E-state index is 0.129. The van der Waals surface area contributed by atoms with Crippen molar-refractivity contribution in [2.75, 3.05) is 6.54 Å². The van der Waals surface area contributed by atoms with E-state index in [0.717, 1.165) is 5.70 Å². The minimum Gasteiger partial charge on any atom is -0.386 e. The van der Waals surface area contributed by atoms with Crippen molar-refractivity contribution < 1.29 is 9.59 Å². The van der Waals surface area contributed by atoms with Gasteiger partial charge in [-0.15, -0.1) is 0 Å². The quantitative estimate of drug-likeness (QED) is 0.776. The molecule has 1 heterocycles. The Kier molecular flexibility index (Phi) is 5.47. The lowest BCUT2D eigenvalue weighted by atomic mass is 9.88. The van der Waals surface area contributed by atoms with E-state index >= 15 is 0 Å². The highest BCUT2D eigenvalue weighted by Crippen LogP contribution is 2.26. The van der Waals surface area contributed by atoms with E-state index in [4.69, 9.17) is 0 Å². The van der Waals surface area contributed by atoms with E-state index in [1.165, 1.54) is 4.90 Å². The van der Waals surface area contributed by atoms with Crippen molar-refractivity contribution in [2.45, 2.75) is 40.7 Å². The Labute approximate surface area is 144 Å². The Morgan fingerprint density at radius 1 is 1.04 bits per heavy atom. The number of carbonyl (C=O) groups is 2. The third-order valence-electron chi connectivity index (χ3n) is 4.88. The molecule has 1 aliphatic heterocycles. The highest BCUT2D eigenvalue weighted by atomic mass is 16.2. The molecule has 0 radical (unpaired) electrons. The number of benzene rings is 1. The molecule has 1 aromatic rings. The highest BCUT2D eigenvalue weighted by molar-refractivity contribution is 6.21. The standard InChI is InChI=1S/C20H28N2O2/c1-12(2)14(5)21-15(6)18(13(3)4)11-22-19(23)16-9-7-8-10-17(16)20(22)24/h7-10,12-13,15,18,21H,5,11H2,1-4,6H3. The number of allylic oxidation sites excluding steroid dienone is 1. The number of amides is 2. The Morgan fingerprint density at radius 2 is 1.54 bits per heavy atom. The predicted molar refractivity (Wildman–Crippen MR) is 96.7 cm³/mol. The van der Waals surface area contributed by atoms with Crippen LogP contribution < -0.4 is 5.32 Å². The number of rotatable bonds is 7. The summed E-state index contributed by atoms with van der Waals surface area (Å²) in [7, 11) is 0. The molecule has 1 aliphatic rings. The average molecular weight is 328 g/mol. The first-order chi connectivity index (χ1) is 11.2. The number of carbonyl (C=O) groups excluding carboxylic acids is 2. The van der Waals surface area contributed by atoms with Gasteiger partial charge in [-0.3, -0.25) is 14.5 Å². The summed E-state index contributed by atoms with van der Waals surface area (Å²) in [5.41, 5.74) is 2.00. The summed E-state index contributed by atoms with van der Waals surface area (Å²) in [6.45, 7) is 15.0. The number of imide groups is 1. The molecule has 0 saturated carbocycles. The smallest absolute Gasteiger partial charge is 0.261 e. The van der Waals surface area contributed by atoms with Gasteiger partial charge in [-0.05, 0) is 36.8 Å². The van der Waals surface area contributed by atoms with Crippen molar-refractivity contribution in [1.29, 1.82) is 0 Å². The van der Waals surface area contributed by atoms with Gasteiger partial charge in [-0.25, -0.2) is 0 Å². The van der Waals surface area contributed by atoms with Gasteiger partial charge in [0.2, 0.25) is 0 Å². The predicted octanol–water partition coefficient (Wildman–Crippen LogP) is 3.70. The Bertz CT molecular complexity index is 614. The van der Waals surface area contributed by atoms with Crippen LogP contribution in [0.4, 0.5) is 0 Å². The van der Waals surface area contributed by atoms with Crippen molar-refractivity contribution >= 4 is 11.8 Å². The molecule has 4 heteroatoms. The zero-order valence-corrected chi connectivity index (χ0v) is 15.3.